The Balaban J connectivity index is 1.14. The summed E-state index contributed by atoms with van der Waals surface area (Å²) in [6.45, 7) is 1.02. The van der Waals surface area contributed by atoms with E-state index < -0.39 is 5.92 Å². The molecule has 2 aromatic carbocycles. The molecule has 2 aliphatic heterocycles. The van der Waals surface area contributed by atoms with Crippen molar-refractivity contribution in [3.05, 3.63) is 60.2 Å². The number of amides is 3. The molecule has 1 N–H and O–H groups in total. The lowest BCUT2D eigenvalue weighted by Crippen LogP contribution is -2.30. The second kappa shape index (κ2) is 9.32. The Kier molecular flexibility index (Phi) is 6.10. The van der Waals surface area contributed by atoms with Gasteiger partial charge in [-0.3, -0.25) is 14.4 Å². The van der Waals surface area contributed by atoms with E-state index in [2.05, 4.69) is 15.5 Å². The largest absolute Gasteiger partial charge is 0.312 e. The minimum Gasteiger partial charge on any atom is -0.312 e. The number of nitrogens with one attached hydrogen (secondary N) is 1. The number of rotatable bonds is 6. The molecule has 8 nitrogen and oxygen atoms in total. The van der Waals surface area contributed by atoms with Gasteiger partial charge in [-0.1, -0.05) is 59.5 Å². The molecule has 0 spiro atoms. The molecule has 0 bridgehead atoms. The first-order chi connectivity index (χ1) is 16.1. The minimum absolute atomic E-state index is 0.0243. The van der Waals surface area contributed by atoms with Gasteiger partial charge in [-0.15, -0.1) is 10.2 Å². The van der Waals surface area contributed by atoms with Crippen molar-refractivity contribution in [3.63, 3.8) is 0 Å². The molecule has 1 fully saturated rings. The molecule has 0 unspecified atom stereocenters. The van der Waals surface area contributed by atoms with E-state index in [4.69, 9.17) is 0 Å². The standard InChI is InChI=1S/C23H21N5O3S2/c29-19-12-16(13-28(19)17-7-2-1-3-8-17)21(31)24-22-25-26-23(33-22)32-14-20(30)27-11-10-15-6-4-5-9-18(15)27/h1-9,16H,10-14H2,(H,24,25,31)/t16-/m1/s1. The molecule has 168 valence electrons. The van der Waals surface area contributed by atoms with Gasteiger partial charge in [0, 0.05) is 30.9 Å². The van der Waals surface area contributed by atoms with E-state index in [0.29, 0.717) is 22.6 Å². The van der Waals surface area contributed by atoms with Crippen LogP contribution in [0.2, 0.25) is 0 Å². The lowest BCUT2D eigenvalue weighted by molar-refractivity contribution is -0.122. The smallest absolute Gasteiger partial charge is 0.237 e. The summed E-state index contributed by atoms with van der Waals surface area (Å²) in [6.07, 6.45) is 1.03. The zero-order chi connectivity index (χ0) is 22.8. The Bertz CT molecular complexity index is 1200. The summed E-state index contributed by atoms with van der Waals surface area (Å²) in [5, 5.41) is 11.3. The van der Waals surface area contributed by atoms with Crippen LogP contribution in [0.15, 0.2) is 58.9 Å². The van der Waals surface area contributed by atoms with E-state index in [0.717, 1.165) is 17.8 Å². The molecular formula is C23H21N5O3S2. The normalized spacial score (nSPS) is 17.3. The first kappa shape index (κ1) is 21.6. The first-order valence-electron chi connectivity index (χ1n) is 10.6. The number of hydrogen-bond donors (Lipinski definition) is 1. The summed E-state index contributed by atoms with van der Waals surface area (Å²) >= 11 is 2.54. The van der Waals surface area contributed by atoms with Crippen LogP contribution in [-0.2, 0) is 20.8 Å². The lowest BCUT2D eigenvalue weighted by Gasteiger charge is -2.16. The number of hydrogen-bond acceptors (Lipinski definition) is 7. The molecule has 0 saturated carbocycles. The highest BCUT2D eigenvalue weighted by Gasteiger charge is 2.35. The van der Waals surface area contributed by atoms with E-state index >= 15 is 0 Å². The molecule has 3 amide bonds. The number of carbonyl (C=O) groups excluding carboxylic acids is 3. The van der Waals surface area contributed by atoms with Crippen LogP contribution >= 0.6 is 23.1 Å². The molecule has 1 saturated heterocycles. The van der Waals surface area contributed by atoms with Gasteiger partial charge in [0.2, 0.25) is 22.9 Å². The summed E-state index contributed by atoms with van der Waals surface area (Å²) in [5.74, 6) is -0.498. The molecular weight excluding hydrogens is 458 g/mol. The first-order valence-corrected chi connectivity index (χ1v) is 12.4. The van der Waals surface area contributed by atoms with E-state index in [-0.39, 0.29) is 29.9 Å². The highest BCUT2D eigenvalue weighted by molar-refractivity contribution is 8.01. The third-order valence-electron chi connectivity index (χ3n) is 5.71. The van der Waals surface area contributed by atoms with Gasteiger partial charge in [-0.2, -0.15) is 0 Å². The van der Waals surface area contributed by atoms with Crippen LogP contribution in [0.5, 0.6) is 0 Å². The average Bonchev–Trinajstić information content (AvgIpc) is 3.56. The number of carbonyl (C=O) groups is 3. The Morgan fingerprint density at radius 1 is 1.09 bits per heavy atom. The Morgan fingerprint density at radius 2 is 1.88 bits per heavy atom. The van der Waals surface area contributed by atoms with Crippen molar-refractivity contribution >= 4 is 57.3 Å². The fourth-order valence-electron chi connectivity index (χ4n) is 4.07. The van der Waals surface area contributed by atoms with Gasteiger partial charge < -0.3 is 15.1 Å². The third-order valence-corrected chi connectivity index (χ3v) is 7.66. The minimum atomic E-state index is -0.450. The molecule has 33 heavy (non-hydrogen) atoms. The molecule has 0 aliphatic carbocycles. The zero-order valence-electron chi connectivity index (χ0n) is 17.6. The number of benzene rings is 2. The van der Waals surface area contributed by atoms with Crippen LogP contribution in [0, 0.1) is 5.92 Å². The lowest BCUT2D eigenvalue weighted by atomic mass is 10.1. The summed E-state index contributed by atoms with van der Waals surface area (Å²) < 4.78 is 0.611. The molecule has 10 heteroatoms. The van der Waals surface area contributed by atoms with Crippen LogP contribution in [0.3, 0.4) is 0 Å². The predicted octanol–water partition coefficient (Wildman–Crippen LogP) is 3.21. The number of anilines is 3. The quantitative estimate of drug-likeness (QED) is 0.431. The van der Waals surface area contributed by atoms with Crippen molar-refractivity contribution in [1.29, 1.82) is 0 Å². The van der Waals surface area contributed by atoms with Crippen LogP contribution in [0.25, 0.3) is 0 Å². The maximum atomic E-state index is 12.7. The van der Waals surface area contributed by atoms with Gasteiger partial charge in [-0.25, -0.2) is 0 Å². The average molecular weight is 480 g/mol. The topological polar surface area (TPSA) is 95.5 Å². The van der Waals surface area contributed by atoms with Crippen LogP contribution in [0.4, 0.5) is 16.5 Å². The fraction of sp³-hybridized carbons (Fsp3) is 0.261. The molecule has 3 aromatic rings. The van der Waals surface area contributed by atoms with Gasteiger partial charge in [0.05, 0.1) is 11.7 Å². The van der Waals surface area contributed by atoms with Gasteiger partial charge in [-0.05, 0) is 30.2 Å². The molecule has 0 radical (unpaired) electrons. The van der Waals surface area contributed by atoms with E-state index in [9.17, 15) is 14.4 Å². The zero-order valence-corrected chi connectivity index (χ0v) is 19.3. The SMILES string of the molecule is O=C(Nc1nnc(SCC(=O)N2CCc3ccccc32)s1)[C@@H]1CC(=O)N(c2ccccc2)C1. The van der Waals surface area contributed by atoms with Crippen molar-refractivity contribution in [3.8, 4) is 0 Å². The number of fused-ring (bicyclic) bond motifs is 1. The second-order valence-electron chi connectivity index (χ2n) is 7.82. The number of nitrogens with zero attached hydrogens (tertiary/aromatic N) is 4. The monoisotopic (exact) mass is 479 g/mol. The third kappa shape index (κ3) is 4.62. The summed E-state index contributed by atoms with van der Waals surface area (Å²) in [7, 11) is 0. The van der Waals surface area contributed by atoms with Gasteiger partial charge >= 0.3 is 0 Å². The van der Waals surface area contributed by atoms with E-state index in [1.54, 1.807) is 4.90 Å². The van der Waals surface area contributed by atoms with E-state index in [1.807, 2.05) is 59.5 Å². The molecule has 3 heterocycles. The van der Waals surface area contributed by atoms with Gasteiger partial charge in [0.15, 0.2) is 4.34 Å². The van der Waals surface area contributed by atoms with Crippen molar-refractivity contribution in [1.82, 2.24) is 10.2 Å². The fourth-order valence-corrected chi connectivity index (χ4v) is 5.70. The maximum absolute atomic E-state index is 12.7. The molecule has 1 aromatic heterocycles. The number of aromatic nitrogens is 2. The second-order valence-corrected chi connectivity index (χ2v) is 10.0. The predicted molar refractivity (Wildman–Crippen MR) is 129 cm³/mol. The highest BCUT2D eigenvalue weighted by atomic mass is 32.2. The Hall–Kier alpha value is -3.24. The number of para-hydroxylation sites is 2. The van der Waals surface area contributed by atoms with Gasteiger partial charge in [0.25, 0.3) is 0 Å². The molecule has 5 rings (SSSR count). The Morgan fingerprint density at radius 3 is 2.73 bits per heavy atom. The molecule has 2 aliphatic rings. The van der Waals surface area contributed by atoms with Crippen molar-refractivity contribution in [2.24, 2.45) is 5.92 Å². The van der Waals surface area contributed by atoms with Gasteiger partial charge in [0.1, 0.15) is 0 Å². The Labute approximate surface area is 199 Å². The molecule has 1 atom stereocenters. The highest BCUT2D eigenvalue weighted by Crippen LogP contribution is 2.31. The van der Waals surface area contributed by atoms with Crippen molar-refractivity contribution < 1.29 is 14.4 Å². The number of thioether (sulfide) groups is 1. The van der Waals surface area contributed by atoms with Crippen molar-refractivity contribution in [2.75, 3.05) is 34.0 Å². The summed E-state index contributed by atoms with van der Waals surface area (Å²) in [6, 6.07) is 17.3. The van der Waals surface area contributed by atoms with Crippen LogP contribution in [0.1, 0.15) is 12.0 Å². The van der Waals surface area contributed by atoms with Crippen LogP contribution in [-0.4, -0.2) is 46.8 Å². The van der Waals surface area contributed by atoms with E-state index in [1.165, 1.54) is 28.7 Å². The van der Waals surface area contributed by atoms with Crippen LogP contribution < -0.4 is 15.1 Å². The summed E-state index contributed by atoms with van der Waals surface area (Å²) in [5.41, 5.74) is 2.95. The maximum Gasteiger partial charge on any atom is 0.237 e. The summed E-state index contributed by atoms with van der Waals surface area (Å²) in [4.78, 5) is 41.2. The van der Waals surface area contributed by atoms with Crippen molar-refractivity contribution in [2.45, 2.75) is 17.2 Å².